The molecule has 10 heteroatoms. The molecular formula is C20H19F3N6O. The lowest BCUT2D eigenvalue weighted by molar-refractivity contribution is -0.137. The van der Waals surface area contributed by atoms with Gasteiger partial charge in [-0.2, -0.15) is 22.8 Å². The van der Waals surface area contributed by atoms with Gasteiger partial charge in [0.05, 0.1) is 11.3 Å². The molecule has 0 unspecified atom stereocenters. The number of hydrogen-bond donors (Lipinski definition) is 0. The molecule has 156 valence electrons. The third kappa shape index (κ3) is 3.06. The lowest BCUT2D eigenvalue weighted by Crippen LogP contribution is -2.35. The standard InChI is InChI=1S/C20H19F3N6O/c1-12-6-7-17-24-25-18(29(17)26-12)19(30)28-10-13-8-27(9-14(13)11-28)16-5-3-2-4-15(16)20(21,22)23/h2-7,13-14H,8-11H2,1H3/t13-,14+. The number of likely N-dealkylation sites (tertiary alicyclic amines) is 1. The Morgan fingerprint density at radius 3 is 2.40 bits per heavy atom. The maximum atomic E-state index is 13.4. The first-order valence-electron chi connectivity index (χ1n) is 9.71. The predicted octanol–water partition coefficient (Wildman–Crippen LogP) is 2.66. The molecule has 0 aliphatic carbocycles. The minimum atomic E-state index is -4.39. The SMILES string of the molecule is Cc1ccc2nnc(C(=O)N3C[C@@H]4CN(c5ccccc5C(F)(F)F)C[C@@H]4C3)n2n1. The largest absolute Gasteiger partial charge is 0.418 e. The fourth-order valence-electron chi connectivity index (χ4n) is 4.50. The van der Waals surface area contributed by atoms with Crippen molar-refractivity contribution in [2.75, 3.05) is 31.1 Å². The van der Waals surface area contributed by atoms with Crippen molar-refractivity contribution in [1.29, 1.82) is 0 Å². The minimum absolute atomic E-state index is 0.115. The van der Waals surface area contributed by atoms with E-state index in [2.05, 4.69) is 15.3 Å². The number of para-hydroxylation sites is 1. The normalized spacial score (nSPS) is 21.5. The molecular weight excluding hydrogens is 397 g/mol. The van der Waals surface area contributed by atoms with Crippen molar-refractivity contribution in [2.45, 2.75) is 13.1 Å². The van der Waals surface area contributed by atoms with Crippen LogP contribution in [0.25, 0.3) is 5.65 Å². The number of hydrogen-bond acceptors (Lipinski definition) is 5. The van der Waals surface area contributed by atoms with E-state index in [9.17, 15) is 18.0 Å². The van der Waals surface area contributed by atoms with E-state index in [0.717, 1.165) is 11.8 Å². The summed E-state index contributed by atoms with van der Waals surface area (Å²) in [5, 5.41) is 12.3. The Morgan fingerprint density at radius 1 is 1.00 bits per heavy atom. The maximum absolute atomic E-state index is 13.4. The van der Waals surface area contributed by atoms with Crippen LogP contribution in [0.2, 0.25) is 0 Å². The molecule has 2 aromatic heterocycles. The van der Waals surface area contributed by atoms with Gasteiger partial charge in [-0.1, -0.05) is 12.1 Å². The van der Waals surface area contributed by atoms with Crippen LogP contribution in [0.4, 0.5) is 18.9 Å². The highest BCUT2D eigenvalue weighted by molar-refractivity contribution is 5.91. The number of carbonyl (C=O) groups excluding carboxylic acids is 1. The van der Waals surface area contributed by atoms with Crippen molar-refractivity contribution in [3.8, 4) is 0 Å². The molecule has 2 saturated heterocycles. The second-order valence-electron chi connectivity index (χ2n) is 7.92. The zero-order chi connectivity index (χ0) is 21.0. The summed E-state index contributed by atoms with van der Waals surface area (Å²) in [5.74, 6) is 0.137. The number of aromatic nitrogens is 4. The third-order valence-electron chi connectivity index (χ3n) is 5.91. The van der Waals surface area contributed by atoms with Crippen LogP contribution in [0, 0.1) is 18.8 Å². The van der Waals surface area contributed by atoms with Crippen molar-refractivity contribution < 1.29 is 18.0 Å². The Labute approximate surface area is 170 Å². The van der Waals surface area contributed by atoms with Crippen molar-refractivity contribution in [3.63, 3.8) is 0 Å². The molecule has 2 aliphatic rings. The first kappa shape index (κ1) is 18.8. The summed E-state index contributed by atoms with van der Waals surface area (Å²) in [6.45, 7) is 3.75. The summed E-state index contributed by atoms with van der Waals surface area (Å²) in [4.78, 5) is 16.5. The Morgan fingerprint density at radius 2 is 1.70 bits per heavy atom. The van der Waals surface area contributed by atoms with Crippen molar-refractivity contribution in [2.24, 2.45) is 11.8 Å². The number of aryl methyl sites for hydroxylation is 1. The number of benzene rings is 1. The van der Waals surface area contributed by atoms with E-state index in [0.29, 0.717) is 31.8 Å². The van der Waals surface area contributed by atoms with E-state index in [-0.39, 0.29) is 29.3 Å². The molecule has 1 amide bonds. The van der Waals surface area contributed by atoms with Gasteiger partial charge < -0.3 is 9.80 Å². The van der Waals surface area contributed by atoms with Crippen molar-refractivity contribution in [1.82, 2.24) is 24.7 Å². The molecule has 1 aromatic carbocycles. The van der Waals surface area contributed by atoms with Gasteiger partial charge in [-0.25, -0.2) is 0 Å². The summed E-state index contributed by atoms with van der Waals surface area (Å²) >= 11 is 0. The number of anilines is 1. The van der Waals surface area contributed by atoms with Crippen molar-refractivity contribution >= 4 is 17.2 Å². The average Bonchev–Trinajstić information content (AvgIpc) is 3.39. The van der Waals surface area contributed by atoms with Crippen LogP contribution < -0.4 is 4.90 Å². The van der Waals surface area contributed by atoms with E-state index in [1.54, 1.807) is 28.0 Å². The molecule has 2 atom stereocenters. The van der Waals surface area contributed by atoms with Gasteiger partial charge in [-0.3, -0.25) is 4.79 Å². The van der Waals surface area contributed by atoms with E-state index in [1.807, 2.05) is 6.92 Å². The average molecular weight is 416 g/mol. The smallest absolute Gasteiger partial charge is 0.370 e. The number of halogens is 3. The van der Waals surface area contributed by atoms with E-state index >= 15 is 0 Å². The first-order chi connectivity index (χ1) is 14.3. The summed E-state index contributed by atoms with van der Waals surface area (Å²) in [6.07, 6.45) is -4.39. The molecule has 30 heavy (non-hydrogen) atoms. The van der Waals surface area contributed by atoms with Gasteiger partial charge in [0.1, 0.15) is 0 Å². The molecule has 5 rings (SSSR count). The lowest BCUT2D eigenvalue weighted by Gasteiger charge is -2.25. The number of amides is 1. The monoisotopic (exact) mass is 416 g/mol. The highest BCUT2D eigenvalue weighted by Gasteiger charge is 2.44. The van der Waals surface area contributed by atoms with Crippen LogP contribution in [-0.4, -0.2) is 56.8 Å². The maximum Gasteiger partial charge on any atom is 0.418 e. The molecule has 0 radical (unpaired) electrons. The first-order valence-corrected chi connectivity index (χ1v) is 9.71. The van der Waals surface area contributed by atoms with Gasteiger partial charge in [0.2, 0.25) is 5.82 Å². The summed E-state index contributed by atoms with van der Waals surface area (Å²) in [5.41, 5.74) is 0.835. The molecule has 0 saturated carbocycles. The van der Waals surface area contributed by atoms with Crippen LogP contribution in [-0.2, 0) is 6.18 Å². The zero-order valence-electron chi connectivity index (χ0n) is 16.2. The Balaban J connectivity index is 1.33. The summed E-state index contributed by atoms with van der Waals surface area (Å²) in [6, 6.07) is 9.21. The number of rotatable bonds is 2. The molecule has 0 N–H and O–H groups in total. The molecule has 2 fully saturated rings. The lowest BCUT2D eigenvalue weighted by atomic mass is 10.0. The molecule has 4 heterocycles. The zero-order valence-corrected chi connectivity index (χ0v) is 16.2. The number of fused-ring (bicyclic) bond motifs is 2. The second-order valence-corrected chi connectivity index (χ2v) is 7.92. The Bertz CT molecular complexity index is 1110. The number of carbonyl (C=O) groups is 1. The highest BCUT2D eigenvalue weighted by Crippen LogP contribution is 2.40. The molecule has 0 spiro atoms. The van der Waals surface area contributed by atoms with Crippen molar-refractivity contribution in [3.05, 3.63) is 53.5 Å². The van der Waals surface area contributed by atoms with E-state index in [1.165, 1.54) is 16.6 Å². The summed E-state index contributed by atoms with van der Waals surface area (Å²) < 4.78 is 41.6. The fraction of sp³-hybridized carbons (Fsp3) is 0.400. The number of alkyl halides is 3. The highest BCUT2D eigenvalue weighted by atomic mass is 19.4. The van der Waals surface area contributed by atoms with Crippen LogP contribution in [0.5, 0.6) is 0 Å². The van der Waals surface area contributed by atoms with Gasteiger partial charge >= 0.3 is 6.18 Å². The summed E-state index contributed by atoms with van der Waals surface area (Å²) in [7, 11) is 0. The quantitative estimate of drug-likeness (QED) is 0.643. The predicted molar refractivity (Wildman–Crippen MR) is 102 cm³/mol. The van der Waals surface area contributed by atoms with Crippen LogP contribution in [0.1, 0.15) is 21.9 Å². The molecule has 7 nitrogen and oxygen atoms in total. The van der Waals surface area contributed by atoms with Gasteiger partial charge in [0, 0.05) is 43.7 Å². The van der Waals surface area contributed by atoms with Gasteiger partial charge in [-0.05, 0) is 31.2 Å². The number of nitrogens with zero attached hydrogens (tertiary/aromatic N) is 6. The Kier molecular flexibility index (Phi) is 4.19. The van der Waals surface area contributed by atoms with E-state index in [4.69, 9.17) is 0 Å². The van der Waals surface area contributed by atoms with Crippen LogP contribution in [0.15, 0.2) is 36.4 Å². The fourth-order valence-corrected chi connectivity index (χ4v) is 4.50. The van der Waals surface area contributed by atoms with Crippen LogP contribution >= 0.6 is 0 Å². The molecule has 0 bridgehead atoms. The van der Waals surface area contributed by atoms with E-state index < -0.39 is 11.7 Å². The molecule has 3 aromatic rings. The van der Waals surface area contributed by atoms with Gasteiger partial charge in [-0.15, -0.1) is 10.2 Å². The van der Waals surface area contributed by atoms with Gasteiger partial charge in [0.25, 0.3) is 5.91 Å². The second kappa shape index (κ2) is 6.68. The minimum Gasteiger partial charge on any atom is -0.370 e. The topological polar surface area (TPSA) is 66.6 Å². The third-order valence-corrected chi connectivity index (χ3v) is 5.91. The molecule has 2 aliphatic heterocycles. The van der Waals surface area contributed by atoms with Gasteiger partial charge in [0.15, 0.2) is 5.65 Å². The van der Waals surface area contributed by atoms with Crippen LogP contribution in [0.3, 0.4) is 0 Å². The Hall–Kier alpha value is -3.17.